The fourth-order valence-electron chi connectivity index (χ4n) is 3.79. The van der Waals surface area contributed by atoms with Gasteiger partial charge in [-0.1, -0.05) is 31.9 Å². The number of nitrogens with zero attached hydrogens (tertiary/aromatic N) is 1. The lowest BCUT2D eigenvalue weighted by Crippen LogP contribution is -2.35. The molecule has 1 saturated heterocycles. The molecule has 0 atom stereocenters. The van der Waals surface area contributed by atoms with Crippen LogP contribution in [-0.4, -0.2) is 24.9 Å². The van der Waals surface area contributed by atoms with Gasteiger partial charge < -0.3 is 21.3 Å². The van der Waals surface area contributed by atoms with Crippen molar-refractivity contribution in [1.82, 2.24) is 5.32 Å². The minimum absolute atomic E-state index is 0.270. The molecular formula is C23H30N4O2. The molecule has 29 heavy (non-hydrogen) atoms. The third kappa shape index (κ3) is 5.98. The van der Waals surface area contributed by atoms with Crippen molar-refractivity contribution < 1.29 is 9.59 Å². The number of hydrogen-bond acceptors (Lipinski definition) is 4. The quantitative estimate of drug-likeness (QED) is 0.627. The van der Waals surface area contributed by atoms with Crippen LogP contribution in [0.5, 0.6) is 0 Å². The van der Waals surface area contributed by atoms with E-state index in [1.807, 2.05) is 24.3 Å². The molecule has 6 nitrogen and oxygen atoms in total. The van der Waals surface area contributed by atoms with Crippen molar-refractivity contribution >= 4 is 28.9 Å². The number of piperidine rings is 1. The van der Waals surface area contributed by atoms with Gasteiger partial charge in [-0.25, -0.2) is 0 Å². The van der Waals surface area contributed by atoms with Crippen LogP contribution in [0, 0.1) is 5.92 Å². The molecule has 0 saturated carbocycles. The molecule has 3 rings (SSSR count). The summed E-state index contributed by atoms with van der Waals surface area (Å²) >= 11 is 0. The molecule has 6 heteroatoms. The van der Waals surface area contributed by atoms with Gasteiger partial charge in [-0.05, 0) is 60.7 Å². The number of benzene rings is 2. The van der Waals surface area contributed by atoms with Crippen molar-refractivity contribution in [3.05, 3.63) is 54.1 Å². The number of amides is 2. The van der Waals surface area contributed by atoms with Gasteiger partial charge in [0.15, 0.2) is 0 Å². The number of nitrogens with two attached hydrogens (primary N) is 1. The molecule has 154 valence electrons. The molecule has 2 aromatic rings. The Labute approximate surface area is 172 Å². The van der Waals surface area contributed by atoms with Crippen molar-refractivity contribution in [1.29, 1.82) is 0 Å². The first-order valence-electron chi connectivity index (χ1n) is 10.3. The zero-order chi connectivity index (χ0) is 20.6. The van der Waals surface area contributed by atoms with E-state index in [-0.39, 0.29) is 6.54 Å². The Hall–Kier alpha value is -3.02. The van der Waals surface area contributed by atoms with Gasteiger partial charge >= 0.3 is 11.8 Å². The molecule has 1 aliphatic rings. The van der Waals surface area contributed by atoms with E-state index in [1.54, 1.807) is 0 Å². The van der Waals surface area contributed by atoms with E-state index in [4.69, 9.17) is 5.73 Å². The maximum absolute atomic E-state index is 11.2. The van der Waals surface area contributed by atoms with Crippen LogP contribution in [0.1, 0.15) is 38.2 Å². The van der Waals surface area contributed by atoms with Crippen LogP contribution in [0.3, 0.4) is 0 Å². The maximum Gasteiger partial charge on any atom is 0.309 e. The highest BCUT2D eigenvalue weighted by Gasteiger charge is 2.18. The van der Waals surface area contributed by atoms with E-state index in [0.717, 1.165) is 35.9 Å². The van der Waals surface area contributed by atoms with E-state index in [0.29, 0.717) is 0 Å². The van der Waals surface area contributed by atoms with E-state index in [1.165, 1.54) is 31.4 Å². The smallest absolute Gasteiger partial charge is 0.309 e. The lowest BCUT2D eigenvalue weighted by Gasteiger charge is -2.33. The van der Waals surface area contributed by atoms with Gasteiger partial charge in [-0.2, -0.15) is 0 Å². The monoisotopic (exact) mass is 394 g/mol. The Bertz CT molecular complexity index is 810. The second-order valence-corrected chi connectivity index (χ2v) is 7.63. The number of rotatable bonds is 7. The van der Waals surface area contributed by atoms with Gasteiger partial charge in [-0.3, -0.25) is 9.59 Å². The fourth-order valence-corrected chi connectivity index (χ4v) is 3.79. The minimum Gasteiger partial charge on any atom is -0.372 e. The fraction of sp³-hybridized carbons (Fsp3) is 0.391. The van der Waals surface area contributed by atoms with Gasteiger partial charge in [0.05, 0.1) is 0 Å². The lowest BCUT2D eigenvalue weighted by atomic mass is 9.92. The molecule has 2 aromatic carbocycles. The Morgan fingerprint density at radius 2 is 1.59 bits per heavy atom. The molecule has 1 fully saturated rings. The predicted molar refractivity (Wildman–Crippen MR) is 117 cm³/mol. The Morgan fingerprint density at radius 1 is 1.00 bits per heavy atom. The number of nitrogens with one attached hydrogen (secondary N) is 2. The molecule has 0 aromatic heterocycles. The molecule has 4 N–H and O–H groups in total. The van der Waals surface area contributed by atoms with Crippen molar-refractivity contribution in [2.24, 2.45) is 11.7 Å². The molecule has 2 amide bonds. The SMILES string of the molecule is CCCC1CCN(c2ccc(Nc3ccc(CNC(=O)C(N)=O)cc3)cc2)CC1. The normalized spacial score (nSPS) is 14.4. The second-order valence-electron chi connectivity index (χ2n) is 7.63. The summed E-state index contributed by atoms with van der Waals surface area (Å²) in [4.78, 5) is 24.4. The summed E-state index contributed by atoms with van der Waals surface area (Å²) in [6.45, 7) is 4.83. The first-order chi connectivity index (χ1) is 14.0. The van der Waals surface area contributed by atoms with E-state index < -0.39 is 11.8 Å². The van der Waals surface area contributed by atoms with Crippen LogP contribution in [0.2, 0.25) is 0 Å². The summed E-state index contributed by atoms with van der Waals surface area (Å²) in [7, 11) is 0. The van der Waals surface area contributed by atoms with Crippen molar-refractivity contribution in [2.75, 3.05) is 23.3 Å². The first-order valence-corrected chi connectivity index (χ1v) is 10.3. The van der Waals surface area contributed by atoms with Crippen molar-refractivity contribution in [3.63, 3.8) is 0 Å². The summed E-state index contributed by atoms with van der Waals surface area (Å²) in [5.41, 5.74) is 9.09. The number of carbonyl (C=O) groups excluding carboxylic acids is 2. The lowest BCUT2D eigenvalue weighted by molar-refractivity contribution is -0.137. The number of primary amides is 1. The topological polar surface area (TPSA) is 87.5 Å². The molecular weight excluding hydrogens is 364 g/mol. The zero-order valence-corrected chi connectivity index (χ0v) is 17.0. The molecule has 0 bridgehead atoms. The summed E-state index contributed by atoms with van der Waals surface area (Å²) in [5.74, 6) is -0.858. The van der Waals surface area contributed by atoms with Crippen molar-refractivity contribution in [2.45, 2.75) is 39.2 Å². The molecule has 1 heterocycles. The first kappa shape index (κ1) is 20.7. The second kappa shape index (κ2) is 9.96. The molecule has 0 unspecified atom stereocenters. The third-order valence-electron chi connectivity index (χ3n) is 5.46. The molecule has 0 aliphatic carbocycles. The van der Waals surface area contributed by atoms with Gasteiger partial charge in [0.2, 0.25) is 0 Å². The van der Waals surface area contributed by atoms with Crippen LogP contribution < -0.4 is 21.3 Å². The largest absolute Gasteiger partial charge is 0.372 e. The van der Waals surface area contributed by atoms with E-state index in [9.17, 15) is 9.59 Å². The highest BCUT2D eigenvalue weighted by Crippen LogP contribution is 2.27. The van der Waals surface area contributed by atoms with Gasteiger partial charge in [0.25, 0.3) is 0 Å². The van der Waals surface area contributed by atoms with E-state index in [2.05, 4.69) is 46.7 Å². The van der Waals surface area contributed by atoms with Gasteiger partial charge in [0.1, 0.15) is 0 Å². The number of carbonyl (C=O) groups is 2. The zero-order valence-electron chi connectivity index (χ0n) is 17.0. The summed E-state index contributed by atoms with van der Waals surface area (Å²) < 4.78 is 0. The minimum atomic E-state index is -0.975. The molecule has 0 spiro atoms. The van der Waals surface area contributed by atoms with E-state index >= 15 is 0 Å². The Kier molecular flexibility index (Phi) is 7.11. The van der Waals surface area contributed by atoms with Crippen LogP contribution in [0.15, 0.2) is 48.5 Å². The maximum atomic E-state index is 11.2. The summed E-state index contributed by atoms with van der Waals surface area (Å²) in [5, 5.41) is 5.86. The van der Waals surface area contributed by atoms with Gasteiger partial charge in [0, 0.05) is 36.7 Å². The Balaban J connectivity index is 1.51. The number of anilines is 3. The Morgan fingerprint density at radius 3 is 2.14 bits per heavy atom. The number of hydrogen-bond donors (Lipinski definition) is 3. The molecule has 0 radical (unpaired) electrons. The summed E-state index contributed by atoms with van der Waals surface area (Å²) in [6.07, 6.45) is 5.22. The van der Waals surface area contributed by atoms with Crippen molar-refractivity contribution in [3.8, 4) is 0 Å². The van der Waals surface area contributed by atoms with Crippen LogP contribution >= 0.6 is 0 Å². The standard InChI is InChI=1S/C23H30N4O2/c1-2-3-17-12-14-27(15-13-17)21-10-8-20(9-11-21)26-19-6-4-18(5-7-19)16-25-23(29)22(24)28/h4-11,17,26H,2-3,12-16H2,1H3,(H2,24,28)(H,25,29). The van der Waals surface area contributed by atoms with Crippen LogP contribution in [0.25, 0.3) is 0 Å². The van der Waals surface area contributed by atoms with Crippen LogP contribution in [0.4, 0.5) is 17.1 Å². The average molecular weight is 395 g/mol. The average Bonchev–Trinajstić information content (AvgIpc) is 2.74. The highest BCUT2D eigenvalue weighted by atomic mass is 16.2. The third-order valence-corrected chi connectivity index (χ3v) is 5.46. The predicted octanol–water partition coefficient (Wildman–Crippen LogP) is 3.55. The van der Waals surface area contributed by atoms with Gasteiger partial charge in [-0.15, -0.1) is 0 Å². The van der Waals surface area contributed by atoms with Crippen LogP contribution in [-0.2, 0) is 16.1 Å². The summed E-state index contributed by atoms with van der Waals surface area (Å²) in [6, 6.07) is 16.3. The molecule has 1 aliphatic heterocycles. The highest BCUT2D eigenvalue weighted by molar-refractivity contribution is 6.34.